The standard InChI is InChI=1S/C16H29N3O3/c1-5-14(12-17)11-13(2)16(22)18-8-6-9-19(3,4)10-7-15(20)21/h13-14H,5-11H2,1-4H3,(H-,18,20,21,22)/p+1. The first kappa shape index (κ1) is 20.4. The van der Waals surface area contributed by atoms with Crippen molar-refractivity contribution < 1.29 is 19.2 Å². The molecule has 0 aliphatic carbocycles. The summed E-state index contributed by atoms with van der Waals surface area (Å²) in [6.45, 7) is 5.79. The highest BCUT2D eigenvalue weighted by atomic mass is 16.4. The molecule has 0 aromatic rings. The molecule has 2 atom stereocenters. The van der Waals surface area contributed by atoms with Gasteiger partial charge in [0.15, 0.2) is 0 Å². The molecule has 6 heteroatoms. The highest BCUT2D eigenvalue weighted by Gasteiger charge is 2.19. The first-order valence-corrected chi connectivity index (χ1v) is 7.93. The van der Waals surface area contributed by atoms with Gasteiger partial charge in [0.05, 0.1) is 39.7 Å². The van der Waals surface area contributed by atoms with E-state index >= 15 is 0 Å². The number of carbonyl (C=O) groups is 2. The minimum absolute atomic E-state index is 0.00968. The topological polar surface area (TPSA) is 90.2 Å². The van der Waals surface area contributed by atoms with E-state index in [2.05, 4.69) is 11.4 Å². The predicted octanol–water partition coefficient (Wildman–Crippen LogP) is 1.62. The third-order valence-corrected chi connectivity index (χ3v) is 3.93. The Labute approximate surface area is 133 Å². The monoisotopic (exact) mass is 312 g/mol. The molecular formula is C16H30N3O3+. The summed E-state index contributed by atoms with van der Waals surface area (Å²) in [6.07, 6.45) is 2.33. The summed E-state index contributed by atoms with van der Waals surface area (Å²) in [5.41, 5.74) is 0. The van der Waals surface area contributed by atoms with Gasteiger partial charge in [-0.1, -0.05) is 13.8 Å². The summed E-state index contributed by atoms with van der Waals surface area (Å²) in [4.78, 5) is 22.5. The third kappa shape index (κ3) is 9.35. The smallest absolute Gasteiger partial charge is 0.309 e. The summed E-state index contributed by atoms with van der Waals surface area (Å²) in [7, 11) is 3.98. The molecule has 0 aromatic carbocycles. The fourth-order valence-electron chi connectivity index (χ4n) is 2.25. The summed E-state index contributed by atoms with van der Waals surface area (Å²) in [5, 5.41) is 20.5. The Morgan fingerprint density at radius 2 is 1.95 bits per heavy atom. The maximum atomic E-state index is 11.9. The van der Waals surface area contributed by atoms with E-state index in [9.17, 15) is 9.59 Å². The second kappa shape index (κ2) is 10.2. The average Bonchev–Trinajstić information content (AvgIpc) is 2.46. The number of carboxylic acids is 1. The number of quaternary nitrogens is 1. The number of aliphatic carboxylic acids is 1. The van der Waals surface area contributed by atoms with Crippen LogP contribution < -0.4 is 5.32 Å². The Morgan fingerprint density at radius 1 is 1.32 bits per heavy atom. The molecule has 0 fully saturated rings. The molecule has 0 heterocycles. The average molecular weight is 312 g/mol. The van der Waals surface area contributed by atoms with Gasteiger partial charge in [0.2, 0.25) is 5.91 Å². The number of carboxylic acid groups (broad SMARTS) is 1. The minimum atomic E-state index is -0.781. The van der Waals surface area contributed by atoms with Crippen LogP contribution in [0.1, 0.15) is 39.5 Å². The Bertz CT molecular complexity index is 402. The number of amides is 1. The van der Waals surface area contributed by atoms with Crippen molar-refractivity contribution in [3.63, 3.8) is 0 Å². The molecule has 0 aliphatic rings. The molecule has 0 saturated carbocycles. The SMILES string of the molecule is CCC(C#N)CC(C)C(=O)NCCC[N+](C)(C)CCC(=O)O. The molecule has 0 rings (SSSR count). The largest absolute Gasteiger partial charge is 0.481 e. The molecule has 1 amide bonds. The number of hydrogen-bond donors (Lipinski definition) is 2. The number of carbonyl (C=O) groups excluding carboxylic acids is 1. The second-order valence-corrected chi connectivity index (χ2v) is 6.54. The minimum Gasteiger partial charge on any atom is -0.481 e. The summed E-state index contributed by atoms with van der Waals surface area (Å²) >= 11 is 0. The normalized spacial score (nSPS) is 14.0. The van der Waals surface area contributed by atoms with E-state index in [1.165, 1.54) is 0 Å². The molecular weight excluding hydrogens is 282 g/mol. The second-order valence-electron chi connectivity index (χ2n) is 6.54. The Balaban J connectivity index is 3.97. The molecule has 0 saturated heterocycles. The van der Waals surface area contributed by atoms with Crippen LogP contribution in [0.5, 0.6) is 0 Å². The first-order valence-electron chi connectivity index (χ1n) is 7.93. The van der Waals surface area contributed by atoms with Gasteiger partial charge in [0.25, 0.3) is 0 Å². The van der Waals surface area contributed by atoms with Crippen LogP contribution in [0.2, 0.25) is 0 Å². The van der Waals surface area contributed by atoms with Gasteiger partial charge in [-0.2, -0.15) is 5.26 Å². The van der Waals surface area contributed by atoms with Gasteiger partial charge in [-0.15, -0.1) is 0 Å². The number of rotatable bonds is 11. The van der Waals surface area contributed by atoms with E-state index in [0.717, 1.165) is 19.4 Å². The van der Waals surface area contributed by atoms with Crippen LogP contribution in [0, 0.1) is 23.2 Å². The molecule has 6 nitrogen and oxygen atoms in total. The van der Waals surface area contributed by atoms with Gasteiger partial charge in [0.1, 0.15) is 0 Å². The zero-order valence-corrected chi connectivity index (χ0v) is 14.3. The summed E-state index contributed by atoms with van der Waals surface area (Å²) < 4.78 is 0.629. The Hall–Kier alpha value is -1.61. The van der Waals surface area contributed by atoms with E-state index in [1.54, 1.807) is 0 Å². The molecule has 0 spiro atoms. The highest BCUT2D eigenvalue weighted by Crippen LogP contribution is 2.14. The van der Waals surface area contributed by atoms with Crippen LogP contribution in [0.4, 0.5) is 0 Å². The van der Waals surface area contributed by atoms with Crippen LogP contribution in [-0.2, 0) is 9.59 Å². The molecule has 0 aliphatic heterocycles. The van der Waals surface area contributed by atoms with Crippen LogP contribution >= 0.6 is 0 Å². The summed E-state index contributed by atoms with van der Waals surface area (Å²) in [6, 6.07) is 2.22. The van der Waals surface area contributed by atoms with Crippen molar-refractivity contribution in [2.75, 3.05) is 33.7 Å². The summed E-state index contributed by atoms with van der Waals surface area (Å²) in [5.74, 6) is -1.01. The van der Waals surface area contributed by atoms with Crippen molar-refractivity contribution in [1.82, 2.24) is 5.32 Å². The van der Waals surface area contributed by atoms with Crippen molar-refractivity contribution >= 4 is 11.9 Å². The molecule has 126 valence electrons. The van der Waals surface area contributed by atoms with Crippen molar-refractivity contribution in [1.29, 1.82) is 5.26 Å². The molecule has 22 heavy (non-hydrogen) atoms. The number of nitrogens with one attached hydrogen (secondary N) is 1. The molecule has 0 bridgehead atoms. The van der Waals surface area contributed by atoms with E-state index < -0.39 is 5.97 Å². The lowest BCUT2D eigenvalue weighted by Gasteiger charge is -2.29. The molecule has 2 N–H and O–H groups in total. The highest BCUT2D eigenvalue weighted by molar-refractivity contribution is 5.78. The van der Waals surface area contributed by atoms with Crippen molar-refractivity contribution in [2.24, 2.45) is 11.8 Å². The number of nitriles is 1. The maximum absolute atomic E-state index is 11.9. The molecule has 0 aromatic heterocycles. The predicted molar refractivity (Wildman–Crippen MR) is 84.9 cm³/mol. The lowest BCUT2D eigenvalue weighted by Crippen LogP contribution is -2.43. The van der Waals surface area contributed by atoms with E-state index in [0.29, 0.717) is 24.0 Å². The zero-order chi connectivity index (χ0) is 17.2. The van der Waals surface area contributed by atoms with Crippen molar-refractivity contribution in [3.05, 3.63) is 0 Å². The maximum Gasteiger partial charge on any atom is 0.309 e. The van der Waals surface area contributed by atoms with E-state index in [1.807, 2.05) is 27.9 Å². The van der Waals surface area contributed by atoms with Gasteiger partial charge in [-0.3, -0.25) is 9.59 Å². The van der Waals surface area contributed by atoms with Gasteiger partial charge in [-0.25, -0.2) is 0 Å². The number of nitrogens with zero attached hydrogens (tertiary/aromatic N) is 2. The van der Waals surface area contributed by atoms with Gasteiger partial charge >= 0.3 is 5.97 Å². The lowest BCUT2D eigenvalue weighted by molar-refractivity contribution is -0.889. The Morgan fingerprint density at radius 3 is 2.45 bits per heavy atom. The quantitative estimate of drug-likeness (QED) is 0.448. The van der Waals surface area contributed by atoms with Crippen LogP contribution in [0.15, 0.2) is 0 Å². The molecule has 2 unspecified atom stereocenters. The fourth-order valence-corrected chi connectivity index (χ4v) is 2.25. The van der Waals surface area contributed by atoms with Gasteiger partial charge < -0.3 is 14.9 Å². The van der Waals surface area contributed by atoms with Gasteiger partial charge in [0, 0.05) is 24.8 Å². The third-order valence-electron chi connectivity index (χ3n) is 3.93. The van der Waals surface area contributed by atoms with Crippen LogP contribution in [-0.4, -0.2) is 55.2 Å². The first-order chi connectivity index (χ1) is 10.2. The zero-order valence-electron chi connectivity index (χ0n) is 14.3. The van der Waals surface area contributed by atoms with Crippen molar-refractivity contribution in [2.45, 2.75) is 39.5 Å². The Kier molecular flexibility index (Phi) is 9.43. The number of hydrogen-bond acceptors (Lipinski definition) is 3. The van der Waals surface area contributed by atoms with Gasteiger partial charge in [-0.05, 0) is 12.8 Å². The van der Waals surface area contributed by atoms with E-state index in [4.69, 9.17) is 10.4 Å². The van der Waals surface area contributed by atoms with Crippen LogP contribution in [0.3, 0.4) is 0 Å². The molecule has 0 radical (unpaired) electrons. The van der Waals surface area contributed by atoms with E-state index in [-0.39, 0.29) is 24.2 Å². The van der Waals surface area contributed by atoms with Crippen LogP contribution in [0.25, 0.3) is 0 Å². The lowest BCUT2D eigenvalue weighted by atomic mass is 9.94. The fraction of sp³-hybridized carbons (Fsp3) is 0.812. The van der Waals surface area contributed by atoms with Crippen molar-refractivity contribution in [3.8, 4) is 6.07 Å².